The summed E-state index contributed by atoms with van der Waals surface area (Å²) in [6, 6.07) is 8.78. The van der Waals surface area contributed by atoms with Crippen molar-refractivity contribution >= 4 is 5.91 Å². The first kappa shape index (κ1) is 18.9. The molecule has 134 valence electrons. The van der Waals surface area contributed by atoms with Gasteiger partial charge < -0.3 is 20.6 Å². The second-order valence-electron chi connectivity index (χ2n) is 6.38. The normalized spacial score (nSPS) is 31.0. The second kappa shape index (κ2) is 8.58. The second-order valence-corrected chi connectivity index (χ2v) is 6.38. The number of piperidine rings is 1. The fourth-order valence-corrected chi connectivity index (χ4v) is 3.36. The van der Waals surface area contributed by atoms with Crippen LogP contribution in [0.25, 0.3) is 0 Å². The molecule has 0 radical (unpaired) electrons. The Bertz CT molecular complexity index is 525. The monoisotopic (exact) mass is 336 g/mol. The highest BCUT2D eigenvalue weighted by Gasteiger charge is 2.48. The zero-order chi connectivity index (χ0) is 17.7. The van der Waals surface area contributed by atoms with Crippen molar-refractivity contribution in [1.82, 2.24) is 10.2 Å². The standard InChI is InChI=1S/C18H28N2O4/c1-3-19-18(24)14-16(22)17(23)15(21)12(2)20(14)11-7-10-13-8-5-4-6-9-13/h4-6,8-9,12,14-17,21-23H,3,7,10-11H2,1-2H3,(H,19,24)/t12-,14+,15-,16-,17+/m1/s1. The lowest BCUT2D eigenvalue weighted by Gasteiger charge is -2.47. The molecule has 0 bridgehead atoms. The number of likely N-dealkylation sites (N-methyl/N-ethyl adjacent to an activating group) is 1. The van der Waals surface area contributed by atoms with Crippen LogP contribution in [0, 0.1) is 0 Å². The number of carbonyl (C=O) groups excluding carboxylic acids is 1. The molecule has 6 nitrogen and oxygen atoms in total. The van der Waals surface area contributed by atoms with Crippen LogP contribution < -0.4 is 5.32 Å². The molecular formula is C18H28N2O4. The van der Waals surface area contributed by atoms with Crippen molar-refractivity contribution in [2.45, 2.75) is 57.1 Å². The first-order valence-corrected chi connectivity index (χ1v) is 8.59. The van der Waals surface area contributed by atoms with Crippen molar-refractivity contribution in [2.24, 2.45) is 0 Å². The molecule has 4 N–H and O–H groups in total. The van der Waals surface area contributed by atoms with Crippen molar-refractivity contribution in [3.8, 4) is 0 Å². The number of carbonyl (C=O) groups is 1. The smallest absolute Gasteiger partial charge is 0.240 e. The summed E-state index contributed by atoms with van der Waals surface area (Å²) < 4.78 is 0. The maximum Gasteiger partial charge on any atom is 0.240 e. The number of aliphatic hydroxyl groups excluding tert-OH is 3. The van der Waals surface area contributed by atoms with Gasteiger partial charge in [0.25, 0.3) is 0 Å². The van der Waals surface area contributed by atoms with Gasteiger partial charge in [0.2, 0.25) is 5.91 Å². The van der Waals surface area contributed by atoms with Gasteiger partial charge in [0.15, 0.2) is 0 Å². The van der Waals surface area contributed by atoms with Crippen LogP contribution in [0.1, 0.15) is 25.8 Å². The van der Waals surface area contributed by atoms with Gasteiger partial charge >= 0.3 is 0 Å². The molecule has 0 spiro atoms. The van der Waals surface area contributed by atoms with Crippen LogP contribution in [0.5, 0.6) is 0 Å². The average molecular weight is 336 g/mol. The molecule has 1 aliphatic rings. The minimum Gasteiger partial charge on any atom is -0.389 e. The SMILES string of the molecule is CCNC(=O)[C@@H]1[C@@H](O)[C@@H](O)[C@H](O)[C@@H](C)N1CCCc1ccccc1. The third-order valence-corrected chi connectivity index (χ3v) is 4.74. The van der Waals surface area contributed by atoms with Gasteiger partial charge in [-0.3, -0.25) is 9.69 Å². The molecular weight excluding hydrogens is 308 g/mol. The largest absolute Gasteiger partial charge is 0.389 e. The fourth-order valence-electron chi connectivity index (χ4n) is 3.36. The minimum atomic E-state index is -1.32. The van der Waals surface area contributed by atoms with E-state index in [1.807, 2.05) is 37.3 Å². The van der Waals surface area contributed by atoms with Gasteiger partial charge in [0.05, 0.1) is 6.10 Å². The van der Waals surface area contributed by atoms with Gasteiger partial charge in [0, 0.05) is 12.6 Å². The molecule has 0 unspecified atom stereocenters. The number of benzene rings is 1. The lowest BCUT2D eigenvalue weighted by Crippen LogP contribution is -2.69. The zero-order valence-corrected chi connectivity index (χ0v) is 14.3. The Morgan fingerprint density at radius 3 is 2.42 bits per heavy atom. The Balaban J connectivity index is 2.07. The summed E-state index contributed by atoms with van der Waals surface area (Å²) in [5.41, 5.74) is 1.21. The number of aryl methyl sites for hydroxylation is 1. The topological polar surface area (TPSA) is 93.0 Å². The molecule has 0 aromatic heterocycles. The number of hydrogen-bond donors (Lipinski definition) is 4. The van der Waals surface area contributed by atoms with E-state index in [2.05, 4.69) is 5.32 Å². The van der Waals surface area contributed by atoms with Crippen LogP contribution in [-0.2, 0) is 11.2 Å². The van der Waals surface area contributed by atoms with Gasteiger partial charge in [0.1, 0.15) is 18.2 Å². The molecule has 1 saturated heterocycles. The van der Waals surface area contributed by atoms with Crippen molar-refractivity contribution in [1.29, 1.82) is 0 Å². The molecule has 24 heavy (non-hydrogen) atoms. The van der Waals surface area contributed by atoms with Crippen molar-refractivity contribution in [3.63, 3.8) is 0 Å². The number of aliphatic hydroxyl groups is 3. The minimum absolute atomic E-state index is 0.317. The van der Waals surface area contributed by atoms with Gasteiger partial charge in [-0.25, -0.2) is 0 Å². The molecule has 1 heterocycles. The lowest BCUT2D eigenvalue weighted by atomic mass is 9.87. The molecule has 1 aromatic rings. The van der Waals surface area contributed by atoms with Crippen LogP contribution in [0.3, 0.4) is 0 Å². The molecule has 0 aliphatic carbocycles. The van der Waals surface area contributed by atoms with E-state index in [1.165, 1.54) is 5.56 Å². The maximum absolute atomic E-state index is 12.3. The Labute approximate surface area is 143 Å². The van der Waals surface area contributed by atoms with Gasteiger partial charge in [-0.15, -0.1) is 0 Å². The number of rotatable bonds is 6. The van der Waals surface area contributed by atoms with Crippen molar-refractivity contribution in [2.75, 3.05) is 13.1 Å². The summed E-state index contributed by atoms with van der Waals surface area (Å²) in [4.78, 5) is 14.1. The molecule has 2 rings (SSSR count). The molecule has 1 aromatic carbocycles. The van der Waals surface area contributed by atoms with Crippen molar-refractivity contribution < 1.29 is 20.1 Å². The van der Waals surface area contributed by atoms with E-state index in [1.54, 1.807) is 11.8 Å². The summed E-state index contributed by atoms with van der Waals surface area (Å²) >= 11 is 0. The van der Waals surface area contributed by atoms with Crippen LogP contribution >= 0.6 is 0 Å². The Morgan fingerprint density at radius 2 is 1.79 bits per heavy atom. The van der Waals surface area contributed by atoms with Gasteiger partial charge in [-0.05, 0) is 38.8 Å². The van der Waals surface area contributed by atoms with E-state index < -0.39 is 30.4 Å². The van der Waals surface area contributed by atoms with E-state index in [0.717, 1.165) is 12.8 Å². The highest BCUT2D eigenvalue weighted by Crippen LogP contribution is 2.25. The first-order valence-electron chi connectivity index (χ1n) is 8.59. The Morgan fingerprint density at radius 1 is 1.12 bits per heavy atom. The lowest BCUT2D eigenvalue weighted by molar-refractivity contribution is -0.171. The highest BCUT2D eigenvalue weighted by molar-refractivity contribution is 5.82. The molecule has 0 saturated carbocycles. The van der Waals surface area contributed by atoms with Gasteiger partial charge in [-0.1, -0.05) is 30.3 Å². The first-order chi connectivity index (χ1) is 11.5. The van der Waals surface area contributed by atoms with E-state index >= 15 is 0 Å². The Hall–Kier alpha value is -1.47. The summed E-state index contributed by atoms with van der Waals surface area (Å²) in [5.74, 6) is -0.317. The number of nitrogens with zero attached hydrogens (tertiary/aromatic N) is 1. The molecule has 5 atom stereocenters. The number of likely N-dealkylation sites (tertiary alicyclic amines) is 1. The maximum atomic E-state index is 12.3. The van der Waals surface area contributed by atoms with Crippen LogP contribution in [0.4, 0.5) is 0 Å². The third-order valence-electron chi connectivity index (χ3n) is 4.74. The molecule has 1 aliphatic heterocycles. The van der Waals surface area contributed by atoms with Crippen LogP contribution in [0.15, 0.2) is 30.3 Å². The summed E-state index contributed by atoms with van der Waals surface area (Å²) in [7, 11) is 0. The van der Waals surface area contributed by atoms with Crippen molar-refractivity contribution in [3.05, 3.63) is 35.9 Å². The fraction of sp³-hybridized carbons (Fsp3) is 0.611. The number of amides is 1. The van der Waals surface area contributed by atoms with Gasteiger partial charge in [-0.2, -0.15) is 0 Å². The van der Waals surface area contributed by atoms with E-state index in [9.17, 15) is 20.1 Å². The van der Waals surface area contributed by atoms with E-state index in [-0.39, 0.29) is 5.91 Å². The highest BCUT2D eigenvalue weighted by atomic mass is 16.4. The van der Waals surface area contributed by atoms with E-state index in [0.29, 0.717) is 13.1 Å². The zero-order valence-electron chi connectivity index (χ0n) is 14.3. The van der Waals surface area contributed by atoms with Crippen LogP contribution in [-0.4, -0.2) is 69.6 Å². The number of nitrogens with one attached hydrogen (secondary N) is 1. The van der Waals surface area contributed by atoms with E-state index in [4.69, 9.17) is 0 Å². The Kier molecular flexibility index (Phi) is 6.74. The average Bonchev–Trinajstić information content (AvgIpc) is 2.58. The van der Waals surface area contributed by atoms with Crippen LogP contribution in [0.2, 0.25) is 0 Å². The summed E-state index contributed by atoms with van der Waals surface area (Å²) in [6.07, 6.45) is -2.07. The predicted molar refractivity (Wildman–Crippen MR) is 91.4 cm³/mol. The summed E-state index contributed by atoms with van der Waals surface area (Å²) in [6.45, 7) is 4.59. The molecule has 1 fully saturated rings. The quantitative estimate of drug-likeness (QED) is 0.583. The molecule has 6 heteroatoms. The third kappa shape index (κ3) is 4.13. The number of hydrogen-bond acceptors (Lipinski definition) is 5. The predicted octanol–water partition coefficient (Wildman–Crippen LogP) is -0.0893. The molecule has 1 amide bonds. The summed E-state index contributed by atoms with van der Waals surface area (Å²) in [5, 5.41) is 33.2.